The molecule has 0 unspecified atom stereocenters. The number of rotatable bonds is 13. The summed E-state index contributed by atoms with van der Waals surface area (Å²) in [6.07, 6.45) is 3.34. The van der Waals surface area contributed by atoms with Crippen molar-refractivity contribution in [2.45, 2.75) is 75.4 Å². The summed E-state index contributed by atoms with van der Waals surface area (Å²) in [5.41, 5.74) is -1.17. The van der Waals surface area contributed by atoms with E-state index in [0.29, 0.717) is 50.8 Å². The molecule has 0 bridgehead atoms. The number of nitrogens with one attached hydrogen (secondary N) is 3. The smallest absolute Gasteiger partial charge is 0.259 e. The maximum Gasteiger partial charge on any atom is 0.259 e. The van der Waals surface area contributed by atoms with Crippen LogP contribution in [0.5, 0.6) is 11.6 Å². The van der Waals surface area contributed by atoms with Gasteiger partial charge in [-0.15, -0.1) is 17.9 Å². The standard InChI is InChI=1S/C39H42ClFN6O7S2/c1-6-22-17-39(22,36(50)46-56(51,52)26-11-12-26)45-33(48)30-16-25(54-34-28-15-23(40)10-13-27(28)31(53-5)18-42-34)19-47(30)35(49)32(38(2,3)4)44-37-43-29(20-55-37)21-8-7-9-24(41)14-21/h6-10,13-15,18,20,22,25-26,30,32H,1,11-12,16-17,19H2,2-5H3,(H,43,44)(H,45,48)(H,46,50)/t22-,25-,30+,32-,39-/m1/s1. The number of halogens is 2. The molecule has 3 aliphatic rings. The molecule has 2 aromatic carbocycles. The zero-order valence-electron chi connectivity index (χ0n) is 31.2. The Kier molecular flexibility index (Phi) is 10.5. The SMILES string of the molecule is C=C[C@@H]1C[C@]1(NC(=O)[C@@H]1C[C@@H](Oc2ncc(OC)c3ccc(Cl)cc23)CN1C(=O)[C@@H](Nc1nc(-c2cccc(F)c2)cs1)C(C)(C)C)C(=O)NS(=O)(=O)C1CC1. The van der Waals surface area contributed by atoms with Crippen molar-refractivity contribution in [1.82, 2.24) is 24.9 Å². The Labute approximate surface area is 333 Å². The summed E-state index contributed by atoms with van der Waals surface area (Å²) < 4.78 is 53.6. The first-order valence-electron chi connectivity index (χ1n) is 18.1. The predicted octanol–water partition coefficient (Wildman–Crippen LogP) is 5.70. The number of carbonyl (C=O) groups is 3. The number of ether oxygens (including phenoxy) is 2. The Morgan fingerprint density at radius 2 is 1.93 bits per heavy atom. The number of sulfonamides is 1. The Bertz CT molecular complexity index is 2330. The van der Waals surface area contributed by atoms with E-state index >= 15 is 0 Å². The largest absolute Gasteiger partial charge is 0.494 e. The van der Waals surface area contributed by atoms with Crippen LogP contribution >= 0.6 is 22.9 Å². The number of hydrogen-bond acceptors (Lipinski definition) is 11. The molecule has 13 nitrogen and oxygen atoms in total. The number of nitrogens with zero attached hydrogens (tertiary/aromatic N) is 3. The molecule has 5 atom stereocenters. The molecule has 3 fully saturated rings. The Morgan fingerprint density at radius 3 is 2.59 bits per heavy atom. The van der Waals surface area contributed by atoms with E-state index in [0.717, 1.165) is 0 Å². The lowest BCUT2D eigenvalue weighted by atomic mass is 9.85. The molecule has 4 aromatic rings. The molecule has 3 heterocycles. The lowest BCUT2D eigenvalue weighted by Gasteiger charge is -2.35. The topological polar surface area (TPSA) is 169 Å². The van der Waals surface area contributed by atoms with Gasteiger partial charge in [0.2, 0.25) is 27.7 Å². The molecule has 2 saturated carbocycles. The van der Waals surface area contributed by atoms with Gasteiger partial charge in [0.25, 0.3) is 5.91 Å². The minimum atomic E-state index is -3.91. The fourth-order valence-electron chi connectivity index (χ4n) is 7.03. The fourth-order valence-corrected chi connectivity index (χ4v) is 9.32. The maximum absolute atomic E-state index is 14.8. The highest BCUT2D eigenvalue weighted by molar-refractivity contribution is 7.91. The van der Waals surface area contributed by atoms with E-state index in [1.54, 1.807) is 35.7 Å². The van der Waals surface area contributed by atoms with Crippen LogP contribution in [0.25, 0.3) is 22.0 Å². The number of aromatic nitrogens is 2. The number of benzene rings is 2. The van der Waals surface area contributed by atoms with Crippen LogP contribution in [0, 0.1) is 17.2 Å². The van der Waals surface area contributed by atoms with E-state index in [4.69, 9.17) is 21.1 Å². The second kappa shape index (κ2) is 14.9. The lowest BCUT2D eigenvalue weighted by molar-refractivity contribution is -0.141. The lowest BCUT2D eigenvalue weighted by Crippen LogP contribution is -2.58. The van der Waals surface area contributed by atoms with E-state index in [1.165, 1.54) is 47.8 Å². The van der Waals surface area contributed by atoms with Crippen LogP contribution in [-0.4, -0.2) is 83.6 Å². The molecule has 296 valence electrons. The quantitative estimate of drug-likeness (QED) is 0.142. The van der Waals surface area contributed by atoms with Crippen molar-refractivity contribution in [3.63, 3.8) is 0 Å². The summed E-state index contributed by atoms with van der Waals surface area (Å²) in [6, 6.07) is 9.18. The summed E-state index contributed by atoms with van der Waals surface area (Å²) in [5, 5.41) is 9.31. The molecular formula is C39H42ClFN6O7S2. The van der Waals surface area contributed by atoms with Crippen molar-refractivity contribution < 1.29 is 36.7 Å². The van der Waals surface area contributed by atoms with Gasteiger partial charge < -0.3 is 25.0 Å². The van der Waals surface area contributed by atoms with Crippen LogP contribution in [0.2, 0.25) is 5.02 Å². The van der Waals surface area contributed by atoms with E-state index in [9.17, 15) is 27.2 Å². The molecule has 2 aliphatic carbocycles. The molecule has 17 heteroatoms. The van der Waals surface area contributed by atoms with Gasteiger partial charge in [-0.3, -0.25) is 19.1 Å². The van der Waals surface area contributed by atoms with Gasteiger partial charge in [-0.05, 0) is 55.0 Å². The summed E-state index contributed by atoms with van der Waals surface area (Å²) in [7, 11) is -2.39. The van der Waals surface area contributed by atoms with Gasteiger partial charge in [0.1, 0.15) is 35.3 Å². The summed E-state index contributed by atoms with van der Waals surface area (Å²) in [5.74, 6) is -2.15. The molecule has 3 N–H and O–H groups in total. The predicted molar refractivity (Wildman–Crippen MR) is 211 cm³/mol. The average Bonchev–Trinajstić information content (AvgIpc) is 4.04. The molecule has 3 amide bonds. The van der Waals surface area contributed by atoms with Gasteiger partial charge in [-0.25, -0.2) is 22.8 Å². The number of methoxy groups -OCH3 is 1. The van der Waals surface area contributed by atoms with Crippen molar-refractivity contribution in [2.24, 2.45) is 11.3 Å². The van der Waals surface area contributed by atoms with Crippen molar-refractivity contribution in [2.75, 3.05) is 19.0 Å². The van der Waals surface area contributed by atoms with Gasteiger partial charge in [-0.1, -0.05) is 50.6 Å². The van der Waals surface area contributed by atoms with E-state index in [1.807, 2.05) is 20.8 Å². The number of carbonyl (C=O) groups excluding carboxylic acids is 3. The first kappa shape index (κ1) is 39.4. The average molecular weight is 825 g/mol. The van der Waals surface area contributed by atoms with E-state index < -0.39 is 73.9 Å². The highest BCUT2D eigenvalue weighted by atomic mass is 35.5. The minimum absolute atomic E-state index is 0.0159. The van der Waals surface area contributed by atoms with Crippen molar-refractivity contribution in [3.05, 3.63) is 77.5 Å². The normalized spacial score (nSPS) is 22.6. The number of likely N-dealkylation sites (tertiary alicyclic amines) is 1. The van der Waals surface area contributed by atoms with E-state index in [2.05, 4.69) is 31.9 Å². The van der Waals surface area contributed by atoms with Crippen molar-refractivity contribution in [1.29, 1.82) is 0 Å². The van der Waals surface area contributed by atoms with Crippen LogP contribution in [-0.2, 0) is 24.4 Å². The Hall–Kier alpha value is -4.80. The first-order valence-corrected chi connectivity index (χ1v) is 20.9. The van der Waals surface area contributed by atoms with Gasteiger partial charge in [-0.2, -0.15) is 0 Å². The highest BCUT2D eigenvalue weighted by Gasteiger charge is 2.62. The van der Waals surface area contributed by atoms with Crippen LogP contribution in [0.3, 0.4) is 0 Å². The number of thiazole rings is 1. The fraction of sp³-hybridized carbons (Fsp3) is 0.410. The second-order valence-corrected chi connectivity index (χ2v) is 18.7. The number of amides is 3. The zero-order valence-corrected chi connectivity index (χ0v) is 33.6. The highest BCUT2D eigenvalue weighted by Crippen LogP contribution is 2.46. The summed E-state index contributed by atoms with van der Waals surface area (Å²) in [6.45, 7) is 9.37. The Balaban J connectivity index is 1.19. The molecule has 1 aliphatic heterocycles. The monoisotopic (exact) mass is 824 g/mol. The van der Waals surface area contributed by atoms with Crippen LogP contribution in [0.4, 0.5) is 9.52 Å². The van der Waals surface area contributed by atoms with Gasteiger partial charge in [0.15, 0.2) is 5.13 Å². The van der Waals surface area contributed by atoms with Gasteiger partial charge >= 0.3 is 0 Å². The molecule has 0 radical (unpaired) electrons. The first-order chi connectivity index (χ1) is 26.5. The molecule has 1 saturated heterocycles. The summed E-state index contributed by atoms with van der Waals surface area (Å²) in [4.78, 5) is 53.3. The number of anilines is 1. The second-order valence-electron chi connectivity index (χ2n) is 15.5. The molecule has 2 aromatic heterocycles. The Morgan fingerprint density at radius 1 is 1.16 bits per heavy atom. The number of hydrogen-bond donors (Lipinski definition) is 3. The third-order valence-corrected chi connectivity index (χ3v) is 13.2. The van der Waals surface area contributed by atoms with Crippen molar-refractivity contribution in [3.8, 4) is 22.9 Å². The zero-order chi connectivity index (χ0) is 40.2. The molecule has 56 heavy (non-hydrogen) atoms. The van der Waals surface area contributed by atoms with Gasteiger partial charge in [0, 0.05) is 39.1 Å². The van der Waals surface area contributed by atoms with Crippen molar-refractivity contribution >= 4 is 66.6 Å². The minimum Gasteiger partial charge on any atom is -0.494 e. The van der Waals surface area contributed by atoms with Crippen LogP contribution < -0.4 is 24.8 Å². The maximum atomic E-state index is 14.8. The summed E-state index contributed by atoms with van der Waals surface area (Å²) >= 11 is 7.61. The number of fused-ring (bicyclic) bond motifs is 1. The number of pyridine rings is 1. The third kappa shape index (κ3) is 7.91. The molecule has 0 spiro atoms. The molecule has 7 rings (SSSR count). The van der Waals surface area contributed by atoms with E-state index in [-0.39, 0.29) is 25.3 Å². The molecular weight excluding hydrogens is 783 g/mol. The van der Waals surface area contributed by atoms with Gasteiger partial charge in [0.05, 0.1) is 30.8 Å². The third-order valence-electron chi connectivity index (χ3n) is 10.4. The van der Waals surface area contributed by atoms with Crippen LogP contribution in [0.15, 0.2) is 66.7 Å². The van der Waals surface area contributed by atoms with Crippen LogP contribution in [0.1, 0.15) is 46.5 Å².